The maximum Gasteiger partial charge on any atom is 0.337 e. The number of aromatic nitrogens is 1. The summed E-state index contributed by atoms with van der Waals surface area (Å²) in [7, 11) is 0. The van der Waals surface area contributed by atoms with Crippen LogP contribution in [0.5, 0.6) is 0 Å². The molecule has 0 saturated heterocycles. The van der Waals surface area contributed by atoms with Crippen LogP contribution in [-0.4, -0.2) is 16.1 Å². The first-order valence-electron chi connectivity index (χ1n) is 4.98. The molecule has 2 aromatic rings. The van der Waals surface area contributed by atoms with Gasteiger partial charge in [0.2, 0.25) is 0 Å². The summed E-state index contributed by atoms with van der Waals surface area (Å²) in [6.45, 7) is 0. The Morgan fingerprint density at radius 1 is 1.39 bits per heavy atom. The Balaban J connectivity index is 2.43. The van der Waals surface area contributed by atoms with Crippen LogP contribution in [0.4, 0.5) is 15.8 Å². The molecule has 1 aromatic heterocycles. The monoisotopic (exact) mass is 310 g/mol. The van der Waals surface area contributed by atoms with E-state index in [4.69, 9.17) is 5.11 Å². The molecule has 0 unspecified atom stereocenters. The lowest BCUT2D eigenvalue weighted by molar-refractivity contribution is 0.0698. The molecule has 1 aromatic carbocycles. The molecule has 0 atom stereocenters. The second-order valence-corrected chi connectivity index (χ2v) is 4.30. The first-order valence-corrected chi connectivity index (χ1v) is 5.77. The summed E-state index contributed by atoms with van der Waals surface area (Å²) in [5.41, 5.74) is 0.434. The third-order valence-corrected chi connectivity index (χ3v) is 2.93. The van der Waals surface area contributed by atoms with E-state index in [0.29, 0.717) is 4.47 Å². The van der Waals surface area contributed by atoms with Crippen molar-refractivity contribution in [1.29, 1.82) is 0 Å². The van der Waals surface area contributed by atoms with E-state index in [0.717, 1.165) is 0 Å². The van der Waals surface area contributed by atoms with E-state index in [1.54, 1.807) is 12.1 Å². The predicted molar refractivity (Wildman–Crippen MR) is 68.6 cm³/mol. The molecule has 4 nitrogen and oxygen atoms in total. The number of aromatic carboxylic acids is 1. The summed E-state index contributed by atoms with van der Waals surface area (Å²) >= 11 is 3.20. The fourth-order valence-electron chi connectivity index (χ4n) is 1.43. The molecule has 0 aliphatic carbocycles. The Kier molecular flexibility index (Phi) is 3.57. The highest BCUT2D eigenvalue weighted by atomic mass is 79.9. The van der Waals surface area contributed by atoms with Crippen molar-refractivity contribution in [2.75, 3.05) is 5.32 Å². The van der Waals surface area contributed by atoms with Gasteiger partial charge in [-0.1, -0.05) is 6.07 Å². The average molecular weight is 311 g/mol. The van der Waals surface area contributed by atoms with Crippen molar-refractivity contribution in [3.8, 4) is 0 Å². The Hall–Kier alpha value is -1.95. The number of hydrogen-bond acceptors (Lipinski definition) is 3. The van der Waals surface area contributed by atoms with Crippen LogP contribution in [0.15, 0.2) is 41.1 Å². The lowest BCUT2D eigenvalue weighted by Gasteiger charge is -2.11. The zero-order valence-electron chi connectivity index (χ0n) is 9.02. The topological polar surface area (TPSA) is 62.2 Å². The number of benzene rings is 1. The normalized spacial score (nSPS) is 10.1. The summed E-state index contributed by atoms with van der Waals surface area (Å²) in [4.78, 5) is 14.8. The number of carboxylic acids is 1. The number of carbonyl (C=O) groups is 1. The van der Waals surface area contributed by atoms with Crippen molar-refractivity contribution < 1.29 is 14.3 Å². The largest absolute Gasteiger partial charge is 0.478 e. The third kappa shape index (κ3) is 2.48. The molecule has 0 bridgehead atoms. The number of hydrogen-bond donors (Lipinski definition) is 2. The summed E-state index contributed by atoms with van der Waals surface area (Å²) in [5.74, 6) is -1.59. The van der Waals surface area contributed by atoms with Gasteiger partial charge < -0.3 is 10.4 Å². The fourth-order valence-corrected chi connectivity index (χ4v) is 1.87. The molecule has 0 amide bonds. The molecule has 2 rings (SSSR count). The van der Waals surface area contributed by atoms with Gasteiger partial charge in [0.15, 0.2) is 0 Å². The second-order valence-electron chi connectivity index (χ2n) is 3.45. The van der Waals surface area contributed by atoms with Crippen LogP contribution in [0.2, 0.25) is 0 Å². The van der Waals surface area contributed by atoms with Gasteiger partial charge in [0.05, 0.1) is 23.1 Å². The van der Waals surface area contributed by atoms with Gasteiger partial charge in [0, 0.05) is 10.7 Å². The van der Waals surface area contributed by atoms with Gasteiger partial charge in [-0.05, 0) is 34.1 Å². The maximum atomic E-state index is 13.6. The molecule has 0 saturated carbocycles. The van der Waals surface area contributed by atoms with Crippen molar-refractivity contribution in [3.05, 3.63) is 52.5 Å². The summed E-state index contributed by atoms with van der Waals surface area (Å²) in [5, 5.41) is 11.7. The van der Waals surface area contributed by atoms with Gasteiger partial charge in [-0.3, -0.25) is 4.98 Å². The molecule has 1 heterocycles. The van der Waals surface area contributed by atoms with Crippen LogP contribution in [-0.2, 0) is 0 Å². The highest BCUT2D eigenvalue weighted by Crippen LogP contribution is 2.29. The first kappa shape index (κ1) is 12.5. The molecule has 0 aliphatic rings. The number of pyridine rings is 1. The molecule has 0 aliphatic heterocycles. The standard InChI is InChI=1S/C12H8BrFN2O2/c13-8-2-1-3-9(14)11(8)16-10-6-15-5-4-7(10)12(17)18/h1-6,16H,(H,17,18). The Bertz CT molecular complexity index is 584. The third-order valence-electron chi connectivity index (χ3n) is 2.27. The minimum Gasteiger partial charge on any atom is -0.478 e. The van der Waals surface area contributed by atoms with E-state index in [9.17, 15) is 9.18 Å². The van der Waals surface area contributed by atoms with Crippen molar-refractivity contribution >= 4 is 33.3 Å². The number of nitrogens with zero attached hydrogens (tertiary/aromatic N) is 1. The number of carboxylic acid groups (broad SMARTS) is 1. The van der Waals surface area contributed by atoms with E-state index in [2.05, 4.69) is 26.2 Å². The maximum absolute atomic E-state index is 13.6. The lowest BCUT2D eigenvalue weighted by atomic mass is 10.2. The summed E-state index contributed by atoms with van der Waals surface area (Å²) in [6.07, 6.45) is 2.70. The quantitative estimate of drug-likeness (QED) is 0.911. The predicted octanol–water partition coefficient (Wildman–Crippen LogP) is 3.43. The molecular formula is C12H8BrFN2O2. The first-order chi connectivity index (χ1) is 8.59. The highest BCUT2D eigenvalue weighted by Gasteiger charge is 2.13. The van der Waals surface area contributed by atoms with Crippen molar-refractivity contribution in [2.45, 2.75) is 0 Å². The van der Waals surface area contributed by atoms with E-state index >= 15 is 0 Å². The molecule has 92 valence electrons. The zero-order valence-corrected chi connectivity index (χ0v) is 10.6. The zero-order chi connectivity index (χ0) is 13.1. The number of halogens is 2. The fraction of sp³-hybridized carbons (Fsp3) is 0. The number of anilines is 2. The molecular weight excluding hydrogens is 303 g/mol. The minimum atomic E-state index is -1.10. The van der Waals surface area contributed by atoms with Gasteiger partial charge in [0.25, 0.3) is 0 Å². The van der Waals surface area contributed by atoms with E-state index < -0.39 is 11.8 Å². The number of nitrogens with one attached hydrogen (secondary N) is 1. The van der Waals surface area contributed by atoms with Gasteiger partial charge >= 0.3 is 5.97 Å². The molecule has 18 heavy (non-hydrogen) atoms. The van der Waals surface area contributed by atoms with E-state index in [-0.39, 0.29) is 16.9 Å². The number of para-hydroxylation sites is 1. The van der Waals surface area contributed by atoms with E-state index in [1.807, 2.05) is 0 Å². The number of rotatable bonds is 3. The van der Waals surface area contributed by atoms with E-state index in [1.165, 1.54) is 24.5 Å². The lowest BCUT2D eigenvalue weighted by Crippen LogP contribution is -2.04. The molecule has 0 radical (unpaired) electrons. The van der Waals surface area contributed by atoms with Crippen molar-refractivity contribution in [1.82, 2.24) is 4.98 Å². The molecule has 0 fully saturated rings. The van der Waals surface area contributed by atoms with Crippen LogP contribution < -0.4 is 5.32 Å². The highest BCUT2D eigenvalue weighted by molar-refractivity contribution is 9.10. The Morgan fingerprint density at radius 3 is 2.83 bits per heavy atom. The van der Waals surface area contributed by atoms with Gasteiger partial charge in [0.1, 0.15) is 5.82 Å². The molecule has 0 spiro atoms. The van der Waals surface area contributed by atoms with Crippen LogP contribution >= 0.6 is 15.9 Å². The smallest absolute Gasteiger partial charge is 0.337 e. The Labute approximate surface area is 111 Å². The van der Waals surface area contributed by atoms with Crippen LogP contribution in [0.1, 0.15) is 10.4 Å². The van der Waals surface area contributed by atoms with Gasteiger partial charge in [-0.25, -0.2) is 9.18 Å². The van der Waals surface area contributed by atoms with Gasteiger partial charge in [-0.15, -0.1) is 0 Å². The second kappa shape index (κ2) is 5.14. The molecule has 2 N–H and O–H groups in total. The van der Waals surface area contributed by atoms with Crippen LogP contribution in [0.25, 0.3) is 0 Å². The average Bonchev–Trinajstić information content (AvgIpc) is 2.34. The van der Waals surface area contributed by atoms with Crippen molar-refractivity contribution in [2.24, 2.45) is 0 Å². The molecule has 6 heteroatoms. The van der Waals surface area contributed by atoms with Crippen LogP contribution in [0.3, 0.4) is 0 Å². The SMILES string of the molecule is O=C(O)c1ccncc1Nc1c(F)cccc1Br. The summed E-state index contributed by atoms with van der Waals surface area (Å²) in [6, 6.07) is 5.83. The van der Waals surface area contributed by atoms with Gasteiger partial charge in [-0.2, -0.15) is 0 Å². The Morgan fingerprint density at radius 2 is 2.17 bits per heavy atom. The minimum absolute atomic E-state index is 0.0279. The van der Waals surface area contributed by atoms with Crippen molar-refractivity contribution in [3.63, 3.8) is 0 Å². The van der Waals surface area contributed by atoms with Crippen LogP contribution in [0, 0.1) is 5.82 Å². The summed E-state index contributed by atoms with van der Waals surface area (Å²) < 4.78 is 14.1.